The number of nitrogens with one attached hydrogen (secondary N) is 1. The minimum atomic E-state index is -1.61. The first-order valence-corrected chi connectivity index (χ1v) is 15.8. The number of hydrogen-bond donors (Lipinski definition) is 2. The van der Waals surface area contributed by atoms with E-state index in [4.69, 9.17) is 45.8 Å². The molecule has 3 atom stereocenters. The maximum Gasteiger partial charge on any atom is 0.519 e. The second kappa shape index (κ2) is 12.5. The van der Waals surface area contributed by atoms with Gasteiger partial charge in [-0.2, -0.15) is 9.97 Å². The predicted octanol–water partition coefficient (Wildman–Crippen LogP) is 3.57. The number of anilines is 1. The highest BCUT2D eigenvalue weighted by Crippen LogP contribution is 2.55. The molecule has 2 bridgehead atoms. The van der Waals surface area contributed by atoms with Crippen LogP contribution >= 0.6 is 11.6 Å². The van der Waals surface area contributed by atoms with Crippen LogP contribution in [0, 0.1) is 30.6 Å². The van der Waals surface area contributed by atoms with Gasteiger partial charge in [-0.15, -0.1) is 6.42 Å². The SMILES string of the molecule is C#C[C@]1(COC(=O)C23CCC(CC2)C3)O[C@@H](n2cnc3c(NC(=O)OC(C)(C)CC(=O)OCc4oc(=O)oc4C)nc(Cl)nc32)C[C@@H]1O. The van der Waals surface area contributed by atoms with Crippen molar-refractivity contribution in [1.29, 1.82) is 0 Å². The number of rotatable bonds is 10. The largest absolute Gasteiger partial charge is 0.519 e. The number of nitrogens with zero attached hydrogens (tertiary/aromatic N) is 4. The molecule has 3 aliphatic rings. The van der Waals surface area contributed by atoms with Gasteiger partial charge in [0.25, 0.3) is 0 Å². The highest BCUT2D eigenvalue weighted by Gasteiger charge is 2.54. The molecule has 6 rings (SSSR count). The Balaban J connectivity index is 1.10. The van der Waals surface area contributed by atoms with Crippen LogP contribution in [0.4, 0.5) is 10.6 Å². The van der Waals surface area contributed by atoms with E-state index in [1.807, 2.05) is 0 Å². The molecule has 3 aromatic rings. The van der Waals surface area contributed by atoms with Crippen molar-refractivity contribution >= 4 is 46.6 Å². The molecule has 3 fully saturated rings. The Kier molecular flexibility index (Phi) is 8.73. The number of aliphatic hydroxyl groups is 1. The van der Waals surface area contributed by atoms with Gasteiger partial charge in [0.15, 0.2) is 40.7 Å². The molecule has 2 saturated carbocycles. The van der Waals surface area contributed by atoms with Gasteiger partial charge in [-0.1, -0.05) is 5.92 Å². The van der Waals surface area contributed by atoms with Crippen LogP contribution < -0.4 is 11.1 Å². The quantitative estimate of drug-likeness (QED) is 0.135. The molecule has 0 radical (unpaired) electrons. The van der Waals surface area contributed by atoms with Crippen LogP contribution in [-0.4, -0.2) is 66.6 Å². The zero-order valence-corrected chi connectivity index (χ0v) is 27.2. The molecule has 1 aliphatic heterocycles. The number of amides is 1. The zero-order valence-electron chi connectivity index (χ0n) is 26.4. The zero-order chi connectivity index (χ0) is 34.4. The van der Waals surface area contributed by atoms with E-state index >= 15 is 0 Å². The lowest BCUT2D eigenvalue weighted by molar-refractivity contribution is -0.167. The van der Waals surface area contributed by atoms with E-state index in [1.54, 1.807) is 0 Å². The summed E-state index contributed by atoms with van der Waals surface area (Å²) in [6.45, 7) is 3.80. The number of aliphatic hydroxyl groups excluding tert-OH is 1. The maximum absolute atomic E-state index is 13.1. The van der Waals surface area contributed by atoms with Crippen LogP contribution in [0.25, 0.3) is 11.2 Å². The number of halogens is 1. The number of fused-ring (bicyclic) bond motifs is 3. The summed E-state index contributed by atoms with van der Waals surface area (Å²) in [7, 11) is 0. The third-order valence-electron chi connectivity index (χ3n) is 9.21. The third kappa shape index (κ3) is 6.49. The van der Waals surface area contributed by atoms with Crippen molar-refractivity contribution in [2.75, 3.05) is 11.9 Å². The summed E-state index contributed by atoms with van der Waals surface area (Å²) >= 11 is 6.20. The average Bonchev–Trinajstić information content (AvgIpc) is 3.84. The van der Waals surface area contributed by atoms with Crippen LogP contribution in [0.5, 0.6) is 0 Å². The van der Waals surface area contributed by atoms with E-state index in [2.05, 4.69) is 26.2 Å². The van der Waals surface area contributed by atoms with E-state index in [1.165, 1.54) is 31.7 Å². The smallest absolute Gasteiger partial charge is 0.461 e. The number of carbonyl (C=O) groups is 3. The first-order valence-electron chi connectivity index (χ1n) is 15.4. The van der Waals surface area contributed by atoms with Gasteiger partial charge in [-0.3, -0.25) is 19.5 Å². The van der Waals surface area contributed by atoms with Crippen LogP contribution in [0.15, 0.2) is 20.0 Å². The van der Waals surface area contributed by atoms with Crippen LogP contribution in [0.2, 0.25) is 5.28 Å². The predicted molar refractivity (Wildman–Crippen MR) is 163 cm³/mol. The standard InChI is InChI=1S/C31H34ClN5O11/c1-5-31(14-44-25(40)30-8-6-17(11-30)7-9-30)19(38)10-20(47-31)37-15-33-22-23(34-26(32)36-24(22)37)35-27(41)48-29(3,4)12-21(39)43-13-18-16(2)45-28(42)46-18/h1,15,17,19-20,38H,6-14H2,2-4H3,(H,34,35,36,41)/t17?,19-,20+,30?,31+/m0/s1. The van der Waals surface area contributed by atoms with Gasteiger partial charge in [0.1, 0.15) is 24.5 Å². The second-order valence-electron chi connectivity index (χ2n) is 13.1. The summed E-state index contributed by atoms with van der Waals surface area (Å²) in [4.78, 5) is 62.1. The molecule has 0 spiro atoms. The monoisotopic (exact) mass is 687 g/mol. The molecule has 3 aromatic heterocycles. The van der Waals surface area contributed by atoms with E-state index in [-0.39, 0.29) is 65.8 Å². The molecule has 2 N–H and O–H groups in total. The van der Waals surface area contributed by atoms with Crippen LogP contribution in [-0.2, 0) is 35.1 Å². The molecule has 17 heteroatoms. The third-order valence-corrected chi connectivity index (χ3v) is 9.38. The second-order valence-corrected chi connectivity index (χ2v) is 13.4. The fraction of sp³-hybridized carbons (Fsp3) is 0.581. The highest BCUT2D eigenvalue weighted by molar-refractivity contribution is 6.28. The van der Waals surface area contributed by atoms with Gasteiger partial charge >= 0.3 is 23.9 Å². The molecule has 0 unspecified atom stereocenters. The fourth-order valence-corrected chi connectivity index (χ4v) is 6.84. The summed E-state index contributed by atoms with van der Waals surface area (Å²) in [6, 6.07) is 0. The number of hydrogen-bond acceptors (Lipinski definition) is 14. The van der Waals surface area contributed by atoms with Crippen molar-refractivity contribution in [2.45, 2.75) is 95.9 Å². The summed E-state index contributed by atoms with van der Waals surface area (Å²) in [5.41, 5.74) is -3.16. The maximum atomic E-state index is 13.1. The lowest BCUT2D eigenvalue weighted by Crippen LogP contribution is -2.44. The van der Waals surface area contributed by atoms with Crippen LogP contribution in [0.3, 0.4) is 0 Å². The van der Waals surface area contributed by atoms with Crippen molar-refractivity contribution in [3.05, 3.63) is 33.7 Å². The van der Waals surface area contributed by atoms with Crippen molar-refractivity contribution < 1.29 is 47.3 Å². The molecule has 16 nitrogen and oxygen atoms in total. The number of ether oxygens (including phenoxy) is 4. The van der Waals surface area contributed by atoms with Gasteiger partial charge in [-0.25, -0.2) is 14.6 Å². The lowest BCUT2D eigenvalue weighted by Gasteiger charge is -2.29. The summed E-state index contributed by atoms with van der Waals surface area (Å²) in [5, 5.41) is 13.2. The molecular weight excluding hydrogens is 654 g/mol. The molecule has 1 saturated heterocycles. The number of aryl methyl sites for hydroxylation is 1. The molecule has 48 heavy (non-hydrogen) atoms. The van der Waals surface area contributed by atoms with Gasteiger partial charge in [0.05, 0.1) is 18.2 Å². The van der Waals surface area contributed by atoms with Crippen molar-refractivity contribution in [2.24, 2.45) is 11.3 Å². The Labute approximate surface area is 278 Å². The minimum absolute atomic E-state index is 0.0173. The van der Waals surface area contributed by atoms with E-state index < -0.39 is 46.8 Å². The lowest BCUT2D eigenvalue weighted by atomic mass is 9.84. The molecular formula is C31H34ClN5O11. The first-order chi connectivity index (χ1) is 22.7. The van der Waals surface area contributed by atoms with Crippen LogP contribution in [0.1, 0.15) is 76.5 Å². The summed E-state index contributed by atoms with van der Waals surface area (Å²) < 4.78 is 33.4. The van der Waals surface area contributed by atoms with Gasteiger partial charge < -0.3 is 32.9 Å². The number of aromatic nitrogens is 4. The number of carbonyl (C=O) groups excluding carboxylic acids is 3. The molecule has 1 amide bonds. The van der Waals surface area contributed by atoms with E-state index in [0.29, 0.717) is 5.92 Å². The number of esters is 2. The fourth-order valence-electron chi connectivity index (χ4n) is 6.68. The van der Waals surface area contributed by atoms with Gasteiger partial charge in [0, 0.05) is 6.42 Å². The average molecular weight is 688 g/mol. The Morgan fingerprint density at radius 1 is 1.23 bits per heavy atom. The molecule has 256 valence electrons. The normalized spacial score (nSPS) is 26.4. The van der Waals surface area contributed by atoms with Crippen molar-refractivity contribution in [3.8, 4) is 12.3 Å². The topological polar surface area (TPSA) is 207 Å². The highest BCUT2D eigenvalue weighted by atomic mass is 35.5. The number of terminal acetylenes is 1. The van der Waals surface area contributed by atoms with E-state index in [9.17, 15) is 24.3 Å². The number of imidazole rings is 1. The molecule has 0 aromatic carbocycles. The Morgan fingerprint density at radius 3 is 2.62 bits per heavy atom. The van der Waals surface area contributed by atoms with Crippen molar-refractivity contribution in [1.82, 2.24) is 19.5 Å². The van der Waals surface area contributed by atoms with E-state index in [0.717, 1.165) is 32.1 Å². The van der Waals surface area contributed by atoms with Gasteiger partial charge in [0.2, 0.25) is 5.28 Å². The first kappa shape index (κ1) is 33.4. The molecule has 4 heterocycles. The molecule has 2 aliphatic carbocycles. The Bertz CT molecular complexity index is 1850. The minimum Gasteiger partial charge on any atom is -0.461 e. The van der Waals surface area contributed by atoms with Gasteiger partial charge in [-0.05, 0) is 70.4 Å². The summed E-state index contributed by atoms with van der Waals surface area (Å²) in [6.07, 6.45) is 8.22. The van der Waals surface area contributed by atoms with Crippen molar-refractivity contribution in [3.63, 3.8) is 0 Å². The Morgan fingerprint density at radius 2 is 1.98 bits per heavy atom. The summed E-state index contributed by atoms with van der Waals surface area (Å²) in [5.74, 6) is 1.21. The Hall–Kier alpha value is -4.46.